The molecular formula is C12H14Cl2F2N2O2. The average molecular weight is 327 g/mol. The zero-order valence-electron chi connectivity index (χ0n) is 10.6. The lowest BCUT2D eigenvalue weighted by Gasteiger charge is -2.14. The van der Waals surface area contributed by atoms with Crippen LogP contribution in [0.3, 0.4) is 0 Å². The summed E-state index contributed by atoms with van der Waals surface area (Å²) >= 11 is 11.6. The van der Waals surface area contributed by atoms with Crippen LogP contribution in [-0.2, 0) is 4.79 Å². The highest BCUT2D eigenvalue weighted by Crippen LogP contribution is 2.36. The number of halogens is 4. The highest BCUT2D eigenvalue weighted by molar-refractivity contribution is 6.37. The van der Waals surface area contributed by atoms with E-state index in [1.807, 2.05) is 6.92 Å². The summed E-state index contributed by atoms with van der Waals surface area (Å²) < 4.78 is 28.5. The van der Waals surface area contributed by atoms with E-state index in [0.717, 1.165) is 6.42 Å². The minimum absolute atomic E-state index is 0.128. The number of benzene rings is 1. The summed E-state index contributed by atoms with van der Waals surface area (Å²) in [6.45, 7) is -1.14. The number of anilines is 1. The van der Waals surface area contributed by atoms with Crippen molar-refractivity contribution in [2.75, 3.05) is 5.32 Å². The van der Waals surface area contributed by atoms with Gasteiger partial charge < -0.3 is 15.8 Å². The Kier molecular flexibility index (Phi) is 6.45. The molecule has 20 heavy (non-hydrogen) atoms. The van der Waals surface area contributed by atoms with Gasteiger partial charge in [0.25, 0.3) is 0 Å². The van der Waals surface area contributed by atoms with Crippen LogP contribution in [0, 0.1) is 0 Å². The molecule has 3 N–H and O–H groups in total. The lowest BCUT2D eigenvalue weighted by Crippen LogP contribution is -2.35. The lowest BCUT2D eigenvalue weighted by molar-refractivity contribution is -0.117. The first-order chi connectivity index (χ1) is 9.35. The monoisotopic (exact) mass is 326 g/mol. The summed E-state index contributed by atoms with van der Waals surface area (Å²) in [5.41, 5.74) is 5.91. The zero-order valence-corrected chi connectivity index (χ0v) is 12.1. The molecule has 0 radical (unpaired) electrons. The highest BCUT2D eigenvalue weighted by atomic mass is 35.5. The van der Waals surface area contributed by atoms with E-state index in [9.17, 15) is 13.6 Å². The Morgan fingerprint density at radius 2 is 1.95 bits per heavy atom. The Balaban J connectivity index is 2.86. The summed E-state index contributed by atoms with van der Waals surface area (Å²) in [7, 11) is 0. The summed E-state index contributed by atoms with van der Waals surface area (Å²) in [6.07, 6.45) is 1.29. The number of rotatable bonds is 6. The number of nitrogens with one attached hydrogen (secondary N) is 1. The largest absolute Gasteiger partial charge is 0.432 e. The lowest BCUT2D eigenvalue weighted by atomic mass is 10.1. The minimum Gasteiger partial charge on any atom is -0.432 e. The molecule has 0 fully saturated rings. The van der Waals surface area contributed by atoms with Gasteiger partial charge in [-0.15, -0.1) is 0 Å². The van der Waals surface area contributed by atoms with Crippen molar-refractivity contribution in [1.82, 2.24) is 0 Å². The predicted molar refractivity (Wildman–Crippen MR) is 74.6 cm³/mol. The third-order valence-electron chi connectivity index (χ3n) is 2.41. The number of nitrogens with two attached hydrogens (primary N) is 1. The summed E-state index contributed by atoms with van der Waals surface area (Å²) in [5.74, 6) is -0.735. The molecule has 0 bridgehead atoms. The third kappa shape index (κ3) is 4.77. The van der Waals surface area contributed by atoms with Gasteiger partial charge in [0.2, 0.25) is 5.91 Å². The Hall–Kier alpha value is -1.11. The molecule has 0 unspecified atom stereocenters. The summed E-state index contributed by atoms with van der Waals surface area (Å²) in [5, 5.41) is 2.26. The molecular weight excluding hydrogens is 313 g/mol. The van der Waals surface area contributed by atoms with Crippen LogP contribution in [0.2, 0.25) is 10.0 Å². The standard InChI is InChI=1S/C12H14Cl2F2N2O2/c1-2-3-9(17)11(19)18-6-4-7(13)10(8(14)5-6)20-12(15)16/h4-5,9,12H,2-3,17H2,1H3,(H,18,19)/t9-/m1/s1. The Morgan fingerprint density at radius 3 is 2.40 bits per heavy atom. The van der Waals surface area contributed by atoms with Crippen LogP contribution in [0.25, 0.3) is 0 Å². The Labute approximate surface area is 125 Å². The van der Waals surface area contributed by atoms with Crippen LogP contribution in [0.4, 0.5) is 14.5 Å². The van der Waals surface area contributed by atoms with E-state index >= 15 is 0 Å². The minimum atomic E-state index is -3.04. The van der Waals surface area contributed by atoms with Crippen molar-refractivity contribution < 1.29 is 18.3 Å². The number of carbonyl (C=O) groups excluding carboxylic acids is 1. The third-order valence-corrected chi connectivity index (χ3v) is 2.97. The topological polar surface area (TPSA) is 64.4 Å². The first-order valence-electron chi connectivity index (χ1n) is 5.85. The fourth-order valence-electron chi connectivity index (χ4n) is 1.51. The molecule has 1 atom stereocenters. The molecule has 1 rings (SSSR count). The molecule has 0 aliphatic carbocycles. The second kappa shape index (κ2) is 7.61. The van der Waals surface area contributed by atoms with Crippen molar-refractivity contribution in [3.8, 4) is 5.75 Å². The SMILES string of the molecule is CCC[C@@H](N)C(=O)Nc1cc(Cl)c(OC(F)F)c(Cl)c1. The first-order valence-corrected chi connectivity index (χ1v) is 6.61. The van der Waals surface area contributed by atoms with Gasteiger partial charge in [0.15, 0.2) is 5.75 Å². The highest BCUT2D eigenvalue weighted by Gasteiger charge is 2.17. The molecule has 0 spiro atoms. The number of amides is 1. The van der Waals surface area contributed by atoms with Gasteiger partial charge in [0.1, 0.15) is 0 Å². The molecule has 0 heterocycles. The molecule has 0 aromatic heterocycles. The maximum Gasteiger partial charge on any atom is 0.387 e. The van der Waals surface area contributed by atoms with Gasteiger partial charge in [-0.3, -0.25) is 4.79 Å². The average Bonchev–Trinajstić information content (AvgIpc) is 2.34. The Bertz CT molecular complexity index is 464. The van der Waals surface area contributed by atoms with Gasteiger partial charge in [-0.25, -0.2) is 0 Å². The molecule has 0 saturated heterocycles. The molecule has 0 aliphatic heterocycles. The van der Waals surface area contributed by atoms with Crippen molar-refractivity contribution in [3.05, 3.63) is 22.2 Å². The van der Waals surface area contributed by atoms with E-state index in [-0.39, 0.29) is 21.5 Å². The van der Waals surface area contributed by atoms with Gasteiger partial charge in [0.05, 0.1) is 16.1 Å². The van der Waals surface area contributed by atoms with Crippen molar-refractivity contribution in [2.45, 2.75) is 32.4 Å². The Morgan fingerprint density at radius 1 is 1.40 bits per heavy atom. The van der Waals surface area contributed by atoms with E-state index < -0.39 is 18.6 Å². The van der Waals surface area contributed by atoms with Gasteiger partial charge in [0, 0.05) is 5.69 Å². The number of alkyl halides is 2. The van der Waals surface area contributed by atoms with Crippen LogP contribution in [0.5, 0.6) is 5.75 Å². The van der Waals surface area contributed by atoms with E-state index in [0.29, 0.717) is 6.42 Å². The van der Waals surface area contributed by atoms with Crippen molar-refractivity contribution in [1.29, 1.82) is 0 Å². The van der Waals surface area contributed by atoms with E-state index in [1.54, 1.807) is 0 Å². The quantitative estimate of drug-likeness (QED) is 0.838. The maximum absolute atomic E-state index is 12.2. The molecule has 0 aliphatic rings. The first kappa shape index (κ1) is 16.9. The van der Waals surface area contributed by atoms with E-state index in [2.05, 4.69) is 10.1 Å². The normalized spacial score (nSPS) is 12.3. The summed E-state index contributed by atoms with van der Waals surface area (Å²) in [6, 6.07) is 1.87. The van der Waals surface area contributed by atoms with Crippen LogP contribution in [-0.4, -0.2) is 18.6 Å². The summed E-state index contributed by atoms with van der Waals surface area (Å²) in [4.78, 5) is 11.7. The molecule has 112 valence electrons. The second-order valence-electron chi connectivity index (χ2n) is 4.03. The van der Waals surface area contributed by atoms with Crippen LogP contribution >= 0.6 is 23.2 Å². The predicted octanol–water partition coefficient (Wildman–Crippen LogP) is 3.66. The fourth-order valence-corrected chi connectivity index (χ4v) is 2.09. The molecule has 1 amide bonds. The van der Waals surface area contributed by atoms with Crippen LogP contribution in [0.15, 0.2) is 12.1 Å². The zero-order chi connectivity index (χ0) is 15.3. The second-order valence-corrected chi connectivity index (χ2v) is 4.85. The molecule has 1 aromatic carbocycles. The smallest absolute Gasteiger partial charge is 0.387 e. The number of hydrogen-bond donors (Lipinski definition) is 2. The fraction of sp³-hybridized carbons (Fsp3) is 0.417. The van der Waals surface area contributed by atoms with Gasteiger partial charge >= 0.3 is 6.61 Å². The van der Waals surface area contributed by atoms with E-state index in [1.165, 1.54) is 12.1 Å². The van der Waals surface area contributed by atoms with Gasteiger partial charge in [-0.1, -0.05) is 36.5 Å². The molecule has 1 aromatic rings. The molecule has 0 saturated carbocycles. The maximum atomic E-state index is 12.2. The van der Waals surface area contributed by atoms with Gasteiger partial charge in [-0.05, 0) is 18.6 Å². The van der Waals surface area contributed by atoms with E-state index in [4.69, 9.17) is 28.9 Å². The van der Waals surface area contributed by atoms with Crippen LogP contribution < -0.4 is 15.8 Å². The number of hydrogen-bond acceptors (Lipinski definition) is 3. The van der Waals surface area contributed by atoms with Gasteiger partial charge in [-0.2, -0.15) is 8.78 Å². The molecule has 8 heteroatoms. The van der Waals surface area contributed by atoms with Crippen molar-refractivity contribution in [3.63, 3.8) is 0 Å². The van der Waals surface area contributed by atoms with Crippen molar-refractivity contribution in [2.24, 2.45) is 5.73 Å². The van der Waals surface area contributed by atoms with Crippen molar-refractivity contribution >= 4 is 34.8 Å². The van der Waals surface area contributed by atoms with Crippen LogP contribution in [0.1, 0.15) is 19.8 Å². The number of ether oxygens (including phenoxy) is 1. The molecule has 4 nitrogen and oxygen atoms in total. The number of carbonyl (C=O) groups is 1.